The summed E-state index contributed by atoms with van der Waals surface area (Å²) in [5.41, 5.74) is 0. The molecule has 0 bridgehead atoms. The smallest absolute Gasteiger partial charge is 0.0645 e. The van der Waals surface area contributed by atoms with Crippen molar-refractivity contribution in [2.24, 2.45) is 0 Å². The highest BCUT2D eigenvalue weighted by atomic mass is 28.2. The van der Waals surface area contributed by atoms with Crippen LogP contribution in [0.1, 0.15) is 0 Å². The molecule has 0 saturated carbocycles. The number of hydrogen-bond acceptors (Lipinski definition) is 2. The Kier molecular flexibility index (Phi) is 2.34. The summed E-state index contributed by atoms with van der Waals surface area (Å²) in [6.45, 7) is 0. The Bertz CT molecular complexity index is 235. The summed E-state index contributed by atoms with van der Waals surface area (Å²) in [5.74, 6) is 0. The van der Waals surface area contributed by atoms with Crippen LogP contribution in [-0.4, -0.2) is 51.2 Å². The summed E-state index contributed by atoms with van der Waals surface area (Å²) in [5, 5.41) is 14.0. The van der Waals surface area contributed by atoms with Gasteiger partial charge < -0.3 is 0 Å². The summed E-state index contributed by atoms with van der Waals surface area (Å²) in [4.78, 5) is 0. The van der Waals surface area contributed by atoms with Crippen molar-refractivity contribution in [1.82, 2.24) is 10.2 Å². The Morgan fingerprint density at radius 3 is 1.30 bits per heavy atom. The van der Waals surface area contributed by atoms with Gasteiger partial charge in [0.25, 0.3) is 0 Å². The third-order valence-corrected chi connectivity index (χ3v) is 9.85. The van der Waals surface area contributed by atoms with Gasteiger partial charge >= 0.3 is 0 Å². The van der Waals surface area contributed by atoms with E-state index in [-0.39, 0.29) is 0 Å². The molecule has 1 aromatic heterocycles. The first-order valence-electron chi connectivity index (χ1n) is 3.40. The molecule has 1 aromatic rings. The molecule has 0 aromatic carbocycles. The largest absolute Gasteiger partial charge is 0.162 e. The molecule has 6 heteroatoms. The topological polar surface area (TPSA) is 25.8 Å². The maximum Gasteiger partial charge on any atom is 0.0645 e. The zero-order valence-corrected chi connectivity index (χ0v) is 14.9. The third-order valence-electron chi connectivity index (χ3n) is 2.00. The Balaban J connectivity index is 3.34. The molecule has 0 aliphatic rings. The molecule has 0 fully saturated rings. The van der Waals surface area contributed by atoms with Gasteiger partial charge in [-0.25, -0.2) is 0 Å². The van der Waals surface area contributed by atoms with Gasteiger partial charge in [-0.05, 0) is 0 Å². The second-order valence-corrected chi connectivity index (χ2v) is 6.52. The van der Waals surface area contributed by atoms with Gasteiger partial charge in [-0.3, -0.25) is 0 Å². The van der Waals surface area contributed by atoms with Crippen LogP contribution >= 0.6 is 0 Å². The highest BCUT2D eigenvalue weighted by molar-refractivity contribution is 6.61. The predicted octanol–water partition coefficient (Wildman–Crippen LogP) is -7.56. The highest BCUT2D eigenvalue weighted by Crippen LogP contribution is 1.54. The maximum absolute atomic E-state index is 4.14. The number of aromatic nitrogens is 2. The zero-order valence-electron chi connectivity index (χ0n) is 6.89. The van der Waals surface area contributed by atoms with Crippen LogP contribution in [0.2, 0.25) is 0 Å². The highest BCUT2D eigenvalue weighted by Gasteiger charge is 1.99. The molecular weight excluding hydrogens is 188 g/mol. The summed E-state index contributed by atoms with van der Waals surface area (Å²) >= 11 is 0. The predicted molar refractivity (Wildman–Crippen MR) is 60.3 cm³/mol. The fourth-order valence-electron chi connectivity index (χ4n) is 0.843. The van der Waals surface area contributed by atoms with E-state index in [1.54, 1.807) is 10.4 Å². The first kappa shape index (κ1) is 8.05. The van der Waals surface area contributed by atoms with E-state index in [0.717, 1.165) is 20.5 Å². The van der Waals surface area contributed by atoms with E-state index in [9.17, 15) is 0 Å². The Morgan fingerprint density at radius 2 is 1.00 bits per heavy atom. The maximum atomic E-state index is 4.14. The minimum atomic E-state index is 1.07. The molecule has 1 heterocycles. The average molecular weight is 200 g/mol. The van der Waals surface area contributed by atoms with E-state index in [2.05, 4.69) is 10.2 Å². The van der Waals surface area contributed by atoms with E-state index in [1.165, 1.54) is 31.1 Å². The fraction of sp³-hybridized carbons (Fsp3) is 0. The molecule has 0 N–H and O–H groups in total. The molecule has 54 valence electrons. The molecule has 0 aliphatic heterocycles. The van der Waals surface area contributed by atoms with E-state index in [0.29, 0.717) is 0 Å². The van der Waals surface area contributed by atoms with Crippen LogP contribution in [-0.2, 0) is 0 Å². The lowest BCUT2D eigenvalue weighted by Crippen LogP contribution is -2.50. The lowest BCUT2D eigenvalue weighted by atomic mass is 10.6. The van der Waals surface area contributed by atoms with Crippen molar-refractivity contribution < 1.29 is 0 Å². The molecule has 1 rings (SSSR count). The SMILES string of the molecule is [SiH3]c1nnc([SiH3])c([SiH3])c1[SiH3]. The van der Waals surface area contributed by atoms with Crippen LogP contribution < -0.4 is 21.0 Å². The van der Waals surface area contributed by atoms with Gasteiger partial charge in [-0.1, -0.05) is 10.4 Å². The molecule has 2 nitrogen and oxygen atoms in total. The zero-order chi connectivity index (χ0) is 7.72. The van der Waals surface area contributed by atoms with Crippen molar-refractivity contribution in [1.29, 1.82) is 0 Å². The summed E-state index contributed by atoms with van der Waals surface area (Å²) in [6.07, 6.45) is 0. The number of nitrogens with zero attached hydrogens (tertiary/aromatic N) is 2. The van der Waals surface area contributed by atoms with E-state index in [1.807, 2.05) is 0 Å². The van der Waals surface area contributed by atoms with Crippen LogP contribution in [0.4, 0.5) is 0 Å². The van der Waals surface area contributed by atoms with Crippen LogP contribution in [0, 0.1) is 0 Å². The van der Waals surface area contributed by atoms with Crippen LogP contribution in [0.15, 0.2) is 0 Å². The normalized spacial score (nSPS) is 11.2. The van der Waals surface area contributed by atoms with Crippen molar-refractivity contribution in [3.8, 4) is 0 Å². The molecule has 0 spiro atoms. The summed E-state index contributed by atoms with van der Waals surface area (Å²) in [6, 6.07) is 0. The average Bonchev–Trinajstić information content (AvgIpc) is 1.93. The lowest BCUT2D eigenvalue weighted by Gasteiger charge is -2.04. The monoisotopic (exact) mass is 200 g/mol. The number of rotatable bonds is 0. The second kappa shape index (κ2) is 2.91. The van der Waals surface area contributed by atoms with Crippen molar-refractivity contribution in [3.63, 3.8) is 0 Å². The molecule has 0 unspecified atom stereocenters. The van der Waals surface area contributed by atoms with Crippen LogP contribution in [0.3, 0.4) is 0 Å². The molecule has 0 aliphatic carbocycles. The van der Waals surface area contributed by atoms with Crippen molar-refractivity contribution in [2.75, 3.05) is 0 Å². The van der Waals surface area contributed by atoms with Crippen molar-refractivity contribution in [3.05, 3.63) is 0 Å². The molecule has 0 radical (unpaired) electrons. The Morgan fingerprint density at radius 1 is 0.700 bits per heavy atom. The summed E-state index contributed by atoms with van der Waals surface area (Å²) < 4.78 is 0. The first-order valence-corrected chi connectivity index (χ1v) is 7.40. The molecule has 10 heavy (non-hydrogen) atoms. The van der Waals surface area contributed by atoms with Crippen LogP contribution in [0.5, 0.6) is 0 Å². The van der Waals surface area contributed by atoms with Gasteiger partial charge in [0.05, 0.1) is 20.5 Å². The molecule has 0 atom stereocenters. The Hall–Kier alpha value is -0.0525. The second-order valence-electron chi connectivity index (χ2n) is 2.62. The van der Waals surface area contributed by atoms with Gasteiger partial charge in [0, 0.05) is 31.1 Å². The van der Waals surface area contributed by atoms with Gasteiger partial charge in [0.15, 0.2) is 0 Å². The van der Waals surface area contributed by atoms with E-state index < -0.39 is 0 Å². The lowest BCUT2D eigenvalue weighted by molar-refractivity contribution is 1.11. The molecule has 0 amide bonds. The molecular formula is C4H12N2Si4. The third kappa shape index (κ3) is 1.34. The minimum Gasteiger partial charge on any atom is -0.162 e. The van der Waals surface area contributed by atoms with Gasteiger partial charge in [0.2, 0.25) is 0 Å². The standard InChI is InChI=1S/C4H12N2Si4/c7-1-2(8)4(10)6-5-3(1)9/h7-10H3. The van der Waals surface area contributed by atoms with Gasteiger partial charge in [-0.2, -0.15) is 10.2 Å². The molecule has 0 saturated heterocycles. The van der Waals surface area contributed by atoms with E-state index >= 15 is 0 Å². The minimum absolute atomic E-state index is 1.07. The first-order chi connectivity index (χ1) is 4.63. The quantitative estimate of drug-likeness (QED) is 0.389. The van der Waals surface area contributed by atoms with Crippen LogP contribution in [0.25, 0.3) is 0 Å². The van der Waals surface area contributed by atoms with Gasteiger partial charge in [-0.15, -0.1) is 0 Å². The Labute approximate surface area is 72.5 Å². The fourth-order valence-corrected chi connectivity index (χ4v) is 3.72. The van der Waals surface area contributed by atoms with E-state index in [4.69, 9.17) is 0 Å². The number of hydrogen-bond donors (Lipinski definition) is 0. The van der Waals surface area contributed by atoms with Crippen molar-refractivity contribution >= 4 is 62.0 Å². The van der Waals surface area contributed by atoms with Crippen molar-refractivity contribution in [2.45, 2.75) is 0 Å². The summed E-state index contributed by atoms with van der Waals surface area (Å²) in [7, 11) is 4.48. The van der Waals surface area contributed by atoms with Gasteiger partial charge in [0.1, 0.15) is 0 Å².